The molecular formula is C22H27N3O3. The lowest BCUT2D eigenvalue weighted by molar-refractivity contribution is 0.0749. The molecule has 6 nitrogen and oxygen atoms in total. The van der Waals surface area contributed by atoms with E-state index in [0.29, 0.717) is 23.0 Å². The minimum Gasteiger partial charge on any atom is -0.493 e. The first kappa shape index (κ1) is 18.6. The molecule has 0 saturated carbocycles. The molecule has 0 radical (unpaired) electrons. The first-order chi connectivity index (χ1) is 13.6. The topological polar surface area (TPSA) is 56.6 Å². The molecule has 1 fully saturated rings. The molecule has 1 saturated heterocycles. The maximum Gasteiger partial charge on any atom is 0.261 e. The first-order valence-electron chi connectivity index (χ1n) is 9.90. The molecular weight excluding hydrogens is 354 g/mol. The van der Waals surface area contributed by atoms with Gasteiger partial charge in [0.1, 0.15) is 0 Å². The van der Waals surface area contributed by atoms with Crippen molar-refractivity contribution in [3.05, 3.63) is 41.7 Å². The number of benzene rings is 1. The molecule has 4 rings (SSSR count). The summed E-state index contributed by atoms with van der Waals surface area (Å²) in [5, 5.41) is 4.39. The molecule has 0 spiro atoms. The first-order valence-corrected chi connectivity index (χ1v) is 9.90. The van der Waals surface area contributed by atoms with Gasteiger partial charge in [0.25, 0.3) is 5.91 Å². The van der Waals surface area contributed by atoms with Crippen molar-refractivity contribution in [3.63, 3.8) is 0 Å². The fourth-order valence-electron chi connectivity index (χ4n) is 4.46. The van der Waals surface area contributed by atoms with Crippen molar-refractivity contribution >= 4 is 5.91 Å². The number of methoxy groups -OCH3 is 2. The number of allylic oxidation sites excluding steroid dienone is 2. The standard InChI is InChI=1S/C22H27N3O3/c1-24-21(16-10-11-19(27-2)20(13-16)28-3)17(14-23-24)22(26)25-12-6-8-15-7-4-5-9-18(15)25/h9-11,13-15H,4-8,12H2,1-3H3. The third kappa shape index (κ3) is 3.17. The highest BCUT2D eigenvalue weighted by Crippen LogP contribution is 2.38. The van der Waals surface area contributed by atoms with E-state index >= 15 is 0 Å². The third-order valence-electron chi connectivity index (χ3n) is 5.85. The summed E-state index contributed by atoms with van der Waals surface area (Å²) in [6, 6.07) is 5.69. The Morgan fingerprint density at radius 1 is 1.14 bits per heavy atom. The zero-order valence-electron chi connectivity index (χ0n) is 16.8. The van der Waals surface area contributed by atoms with Gasteiger partial charge in [-0.25, -0.2) is 0 Å². The molecule has 2 aromatic rings. The zero-order chi connectivity index (χ0) is 19.7. The average molecular weight is 381 g/mol. The Hall–Kier alpha value is -2.76. The smallest absolute Gasteiger partial charge is 0.261 e. The van der Waals surface area contributed by atoms with Crippen LogP contribution in [0.2, 0.25) is 0 Å². The molecule has 2 aliphatic rings. The van der Waals surface area contributed by atoms with Crippen LogP contribution in [0.1, 0.15) is 42.5 Å². The summed E-state index contributed by atoms with van der Waals surface area (Å²) >= 11 is 0. The van der Waals surface area contributed by atoms with Crippen molar-refractivity contribution in [2.75, 3.05) is 20.8 Å². The summed E-state index contributed by atoms with van der Waals surface area (Å²) in [4.78, 5) is 15.5. The molecule has 28 heavy (non-hydrogen) atoms. The monoisotopic (exact) mass is 381 g/mol. The van der Waals surface area contributed by atoms with Crippen LogP contribution < -0.4 is 9.47 Å². The summed E-state index contributed by atoms with van der Waals surface area (Å²) in [5.41, 5.74) is 3.52. The fraction of sp³-hybridized carbons (Fsp3) is 0.455. The second kappa shape index (κ2) is 7.70. The number of nitrogens with zero attached hydrogens (tertiary/aromatic N) is 3. The number of hydrogen-bond donors (Lipinski definition) is 0. The zero-order valence-corrected chi connectivity index (χ0v) is 16.8. The van der Waals surface area contributed by atoms with Crippen LogP contribution in [0, 0.1) is 5.92 Å². The number of ether oxygens (including phenoxy) is 2. The molecule has 1 aromatic carbocycles. The van der Waals surface area contributed by atoms with E-state index in [-0.39, 0.29) is 5.91 Å². The van der Waals surface area contributed by atoms with E-state index in [9.17, 15) is 4.79 Å². The van der Waals surface area contributed by atoms with E-state index in [1.807, 2.05) is 30.1 Å². The molecule has 1 aliphatic heterocycles. The Bertz CT molecular complexity index is 916. The van der Waals surface area contributed by atoms with E-state index in [4.69, 9.17) is 9.47 Å². The number of carbonyl (C=O) groups is 1. The highest BCUT2D eigenvalue weighted by atomic mass is 16.5. The number of fused-ring (bicyclic) bond motifs is 1. The number of aryl methyl sites for hydroxylation is 1. The van der Waals surface area contributed by atoms with Crippen LogP contribution in [0.25, 0.3) is 11.3 Å². The summed E-state index contributed by atoms with van der Waals surface area (Å²) in [7, 11) is 5.09. The van der Waals surface area contributed by atoms with Gasteiger partial charge in [-0.05, 0) is 56.2 Å². The highest BCUT2D eigenvalue weighted by molar-refractivity contribution is 6.01. The van der Waals surface area contributed by atoms with E-state index in [0.717, 1.165) is 30.6 Å². The molecule has 148 valence electrons. The molecule has 1 aromatic heterocycles. The van der Waals surface area contributed by atoms with Gasteiger partial charge < -0.3 is 14.4 Å². The van der Waals surface area contributed by atoms with Crippen LogP contribution >= 0.6 is 0 Å². The number of rotatable bonds is 4. The highest BCUT2D eigenvalue weighted by Gasteiger charge is 2.32. The predicted octanol–water partition coefficient (Wildman–Crippen LogP) is 4.02. The van der Waals surface area contributed by atoms with Gasteiger partial charge in [0.15, 0.2) is 11.5 Å². The molecule has 0 bridgehead atoms. The van der Waals surface area contributed by atoms with Crippen LogP contribution in [-0.4, -0.2) is 41.4 Å². The summed E-state index contributed by atoms with van der Waals surface area (Å²) in [5.74, 6) is 1.85. The number of piperidine rings is 1. The largest absolute Gasteiger partial charge is 0.493 e. The minimum atomic E-state index is 0.0377. The normalized spacial score (nSPS) is 19.0. The maximum absolute atomic E-state index is 13.5. The van der Waals surface area contributed by atoms with Crippen LogP contribution in [0.4, 0.5) is 0 Å². The lowest BCUT2D eigenvalue weighted by Crippen LogP contribution is -2.39. The predicted molar refractivity (Wildman–Crippen MR) is 107 cm³/mol. The summed E-state index contributed by atoms with van der Waals surface area (Å²) < 4.78 is 12.5. The van der Waals surface area contributed by atoms with E-state index in [1.165, 1.54) is 25.0 Å². The van der Waals surface area contributed by atoms with Gasteiger partial charge in [-0.1, -0.05) is 6.08 Å². The van der Waals surface area contributed by atoms with Gasteiger partial charge in [0.2, 0.25) is 0 Å². The van der Waals surface area contributed by atoms with E-state index in [1.54, 1.807) is 25.1 Å². The van der Waals surface area contributed by atoms with Crippen LogP contribution in [0.5, 0.6) is 11.5 Å². The Labute approximate surface area is 165 Å². The number of hydrogen-bond acceptors (Lipinski definition) is 4. The van der Waals surface area contributed by atoms with Crippen molar-refractivity contribution in [1.29, 1.82) is 0 Å². The molecule has 1 aliphatic carbocycles. The van der Waals surface area contributed by atoms with Crippen LogP contribution in [0.3, 0.4) is 0 Å². The van der Waals surface area contributed by atoms with E-state index in [2.05, 4.69) is 11.2 Å². The Balaban J connectivity index is 1.72. The van der Waals surface area contributed by atoms with Gasteiger partial charge >= 0.3 is 0 Å². The Morgan fingerprint density at radius 2 is 1.93 bits per heavy atom. The van der Waals surface area contributed by atoms with Gasteiger partial charge in [0.05, 0.1) is 31.7 Å². The second-order valence-corrected chi connectivity index (χ2v) is 7.46. The molecule has 0 N–H and O–H groups in total. The lowest BCUT2D eigenvalue weighted by Gasteiger charge is -2.38. The maximum atomic E-state index is 13.5. The van der Waals surface area contributed by atoms with E-state index < -0.39 is 0 Å². The SMILES string of the molecule is COc1ccc(-c2c(C(=O)N3CCCC4CCCC=C43)cnn2C)cc1OC. The number of likely N-dealkylation sites (tertiary alicyclic amines) is 1. The minimum absolute atomic E-state index is 0.0377. The summed E-state index contributed by atoms with van der Waals surface area (Å²) in [6.07, 6.45) is 9.65. The average Bonchev–Trinajstić information content (AvgIpc) is 3.13. The van der Waals surface area contributed by atoms with Crippen LogP contribution in [0.15, 0.2) is 36.2 Å². The molecule has 6 heteroatoms. The fourth-order valence-corrected chi connectivity index (χ4v) is 4.46. The third-order valence-corrected chi connectivity index (χ3v) is 5.85. The quantitative estimate of drug-likeness (QED) is 0.803. The van der Waals surface area contributed by atoms with Crippen molar-refractivity contribution < 1.29 is 14.3 Å². The van der Waals surface area contributed by atoms with Gasteiger partial charge in [0, 0.05) is 24.9 Å². The lowest BCUT2D eigenvalue weighted by atomic mass is 9.84. The number of aromatic nitrogens is 2. The summed E-state index contributed by atoms with van der Waals surface area (Å²) in [6.45, 7) is 0.779. The Kier molecular flexibility index (Phi) is 5.11. The van der Waals surface area contributed by atoms with Crippen molar-refractivity contribution in [2.24, 2.45) is 13.0 Å². The molecule has 1 atom stereocenters. The van der Waals surface area contributed by atoms with Gasteiger partial charge in [-0.2, -0.15) is 5.10 Å². The van der Waals surface area contributed by atoms with Gasteiger partial charge in [-0.15, -0.1) is 0 Å². The number of amides is 1. The molecule has 1 unspecified atom stereocenters. The van der Waals surface area contributed by atoms with Crippen molar-refractivity contribution in [1.82, 2.24) is 14.7 Å². The molecule has 2 heterocycles. The van der Waals surface area contributed by atoms with Gasteiger partial charge in [-0.3, -0.25) is 9.48 Å². The van der Waals surface area contributed by atoms with Crippen LogP contribution in [-0.2, 0) is 7.05 Å². The Morgan fingerprint density at radius 3 is 2.71 bits per heavy atom. The van der Waals surface area contributed by atoms with Crippen molar-refractivity contribution in [2.45, 2.75) is 32.1 Å². The van der Waals surface area contributed by atoms with Crippen molar-refractivity contribution in [3.8, 4) is 22.8 Å². The number of carbonyl (C=O) groups excluding carboxylic acids is 1. The molecule has 1 amide bonds. The second-order valence-electron chi connectivity index (χ2n) is 7.46.